The molecular weight excluding hydrogens is 242 g/mol. The molecule has 1 rings (SSSR count). The predicted molar refractivity (Wildman–Crippen MR) is 90.5 cm³/mol. The summed E-state index contributed by atoms with van der Waals surface area (Å²) < 4.78 is 0. The summed E-state index contributed by atoms with van der Waals surface area (Å²) in [6, 6.07) is 8.71. The van der Waals surface area contributed by atoms with E-state index in [1.165, 1.54) is 11.1 Å². The van der Waals surface area contributed by atoms with E-state index in [0.29, 0.717) is 6.04 Å². The number of hydrogen-bond donors (Lipinski definition) is 1. The van der Waals surface area contributed by atoms with Crippen LogP contribution in [-0.2, 0) is 0 Å². The second-order valence-corrected chi connectivity index (χ2v) is 5.27. The van der Waals surface area contributed by atoms with E-state index in [1.54, 1.807) is 0 Å². The molecule has 0 aliphatic carbocycles. The summed E-state index contributed by atoms with van der Waals surface area (Å²) in [5.41, 5.74) is 5.58. The Bertz CT molecular complexity index is 545. The Kier molecular flexibility index (Phi) is 6.05. The Labute approximate surface area is 123 Å². The van der Waals surface area contributed by atoms with Crippen LogP contribution >= 0.6 is 0 Å². The van der Waals surface area contributed by atoms with Crippen molar-refractivity contribution in [1.29, 1.82) is 0 Å². The molecule has 0 saturated carbocycles. The molecule has 1 aromatic carbocycles. The van der Waals surface area contributed by atoms with Gasteiger partial charge in [-0.2, -0.15) is 0 Å². The third-order valence-electron chi connectivity index (χ3n) is 3.07. The second-order valence-electron chi connectivity index (χ2n) is 5.27. The van der Waals surface area contributed by atoms with Crippen LogP contribution in [0.1, 0.15) is 31.9 Å². The summed E-state index contributed by atoms with van der Waals surface area (Å²) >= 11 is 0. The molecule has 0 bridgehead atoms. The molecule has 0 heterocycles. The zero-order chi connectivity index (χ0) is 15.1. The smallest absolute Gasteiger partial charge is 0.0201 e. The third-order valence-corrected chi connectivity index (χ3v) is 3.07. The fourth-order valence-corrected chi connectivity index (χ4v) is 2.08. The van der Waals surface area contributed by atoms with Crippen LogP contribution in [-0.4, -0.2) is 6.04 Å². The van der Waals surface area contributed by atoms with Crippen molar-refractivity contribution in [3.05, 3.63) is 78.0 Å². The van der Waals surface area contributed by atoms with Crippen molar-refractivity contribution in [1.82, 2.24) is 5.32 Å². The largest absolute Gasteiger partial charge is 0.386 e. The average Bonchev–Trinajstić information content (AvgIpc) is 2.38. The van der Waals surface area contributed by atoms with Crippen molar-refractivity contribution in [3.8, 4) is 0 Å². The van der Waals surface area contributed by atoms with Crippen molar-refractivity contribution in [2.24, 2.45) is 0 Å². The Hall–Kier alpha value is -2.02. The highest BCUT2D eigenvalue weighted by Gasteiger charge is 2.04. The van der Waals surface area contributed by atoms with Crippen LogP contribution in [0, 0.1) is 6.92 Å². The summed E-state index contributed by atoms with van der Waals surface area (Å²) in [5, 5.41) is 3.36. The van der Waals surface area contributed by atoms with Crippen molar-refractivity contribution in [2.75, 3.05) is 0 Å². The topological polar surface area (TPSA) is 12.0 Å². The molecule has 0 aliphatic rings. The van der Waals surface area contributed by atoms with Crippen LogP contribution in [0.2, 0.25) is 0 Å². The maximum Gasteiger partial charge on any atom is 0.0201 e. The zero-order valence-electron chi connectivity index (χ0n) is 13.0. The lowest BCUT2D eigenvalue weighted by molar-refractivity contribution is 0.669. The molecule has 106 valence electrons. The van der Waals surface area contributed by atoms with Gasteiger partial charge in [-0.1, -0.05) is 49.6 Å². The number of hydrogen-bond acceptors (Lipinski definition) is 1. The van der Waals surface area contributed by atoms with E-state index < -0.39 is 0 Å². The van der Waals surface area contributed by atoms with Gasteiger partial charge in [-0.25, -0.2) is 0 Å². The fourth-order valence-electron chi connectivity index (χ4n) is 2.08. The summed E-state index contributed by atoms with van der Waals surface area (Å²) in [4.78, 5) is 0. The first-order valence-corrected chi connectivity index (χ1v) is 6.98. The van der Waals surface area contributed by atoms with Gasteiger partial charge in [0.25, 0.3) is 0 Å². The van der Waals surface area contributed by atoms with Crippen LogP contribution in [0.15, 0.2) is 66.9 Å². The summed E-state index contributed by atoms with van der Waals surface area (Å²) in [6.45, 7) is 16.5. The van der Waals surface area contributed by atoms with E-state index >= 15 is 0 Å². The summed E-state index contributed by atoms with van der Waals surface area (Å²) in [5.74, 6) is 0. The maximum atomic E-state index is 4.21. The lowest BCUT2D eigenvalue weighted by Crippen LogP contribution is -2.19. The van der Waals surface area contributed by atoms with Gasteiger partial charge in [0.05, 0.1) is 0 Å². The molecule has 0 spiro atoms. The van der Waals surface area contributed by atoms with Gasteiger partial charge >= 0.3 is 0 Å². The molecule has 0 saturated heterocycles. The Morgan fingerprint density at radius 2 is 1.85 bits per heavy atom. The van der Waals surface area contributed by atoms with E-state index in [-0.39, 0.29) is 0 Å². The lowest BCUT2D eigenvalue weighted by Gasteiger charge is -2.11. The molecule has 0 aromatic heterocycles. The van der Waals surface area contributed by atoms with Gasteiger partial charge in [0.1, 0.15) is 0 Å². The normalized spacial score (nSPS) is 12.4. The van der Waals surface area contributed by atoms with Crippen molar-refractivity contribution in [3.63, 3.8) is 0 Å². The average molecular weight is 267 g/mol. The molecule has 0 unspecified atom stereocenters. The predicted octanol–water partition coefficient (Wildman–Crippen LogP) is 5.02. The molecule has 0 radical (unpaired) electrons. The molecule has 1 aromatic rings. The highest BCUT2D eigenvalue weighted by Crippen LogP contribution is 2.24. The van der Waals surface area contributed by atoms with Crippen LogP contribution in [0.3, 0.4) is 0 Å². The number of aryl methyl sites for hydroxylation is 1. The maximum absolute atomic E-state index is 4.21. The van der Waals surface area contributed by atoms with Gasteiger partial charge in [0.2, 0.25) is 0 Å². The van der Waals surface area contributed by atoms with Gasteiger partial charge in [0.15, 0.2) is 0 Å². The molecule has 20 heavy (non-hydrogen) atoms. The first-order chi connectivity index (χ1) is 9.45. The van der Waals surface area contributed by atoms with Gasteiger partial charge in [-0.3, -0.25) is 0 Å². The summed E-state index contributed by atoms with van der Waals surface area (Å²) in [6.07, 6.45) is 5.99. The number of nitrogens with one attached hydrogen (secondary N) is 1. The van der Waals surface area contributed by atoms with Crippen LogP contribution in [0.25, 0.3) is 5.57 Å². The molecule has 1 nitrogen and oxygen atoms in total. The van der Waals surface area contributed by atoms with E-state index in [0.717, 1.165) is 16.8 Å². The molecule has 0 amide bonds. The van der Waals surface area contributed by atoms with Gasteiger partial charge in [0, 0.05) is 11.7 Å². The number of rotatable bonds is 6. The fraction of sp³-hybridized carbons (Fsp3) is 0.263. The number of allylic oxidation sites excluding steroid dienone is 6. The van der Waals surface area contributed by atoms with Gasteiger partial charge < -0.3 is 5.32 Å². The molecule has 0 atom stereocenters. The Balaban J connectivity index is 2.99. The zero-order valence-corrected chi connectivity index (χ0v) is 13.0. The minimum Gasteiger partial charge on any atom is -0.386 e. The van der Waals surface area contributed by atoms with Crippen LogP contribution in [0.5, 0.6) is 0 Å². The highest BCUT2D eigenvalue weighted by molar-refractivity contribution is 5.81. The van der Waals surface area contributed by atoms with Crippen LogP contribution < -0.4 is 5.32 Å². The molecule has 0 fully saturated rings. The standard InChI is InChI=1S/C19H25N/c1-7-18(13-12-16(5)20-14(2)3)17(6)19-11-9-8-10-15(19)4/h7-14,20H,1,6H2,2-5H3/b16-12+,18-13+. The SMILES string of the molecule is C=C/C(=C\C=C(/C)NC(C)C)C(=C)c1ccccc1C. The number of benzene rings is 1. The van der Waals surface area contributed by atoms with E-state index in [4.69, 9.17) is 0 Å². The van der Waals surface area contributed by atoms with E-state index in [9.17, 15) is 0 Å². The molecular formula is C19H25N. The Morgan fingerprint density at radius 3 is 2.40 bits per heavy atom. The third kappa shape index (κ3) is 4.58. The summed E-state index contributed by atoms with van der Waals surface area (Å²) in [7, 11) is 0. The van der Waals surface area contributed by atoms with Crippen molar-refractivity contribution in [2.45, 2.75) is 33.7 Å². The van der Waals surface area contributed by atoms with Gasteiger partial charge in [-0.15, -0.1) is 0 Å². The first kappa shape index (κ1) is 16.0. The van der Waals surface area contributed by atoms with E-state index in [1.807, 2.05) is 18.2 Å². The second kappa shape index (κ2) is 7.54. The quantitative estimate of drug-likeness (QED) is 0.713. The minimum atomic E-state index is 0.436. The van der Waals surface area contributed by atoms with Crippen molar-refractivity contribution >= 4 is 5.57 Å². The van der Waals surface area contributed by atoms with Gasteiger partial charge in [-0.05, 0) is 56.0 Å². The minimum absolute atomic E-state index is 0.436. The molecule has 1 heteroatoms. The van der Waals surface area contributed by atoms with Crippen molar-refractivity contribution < 1.29 is 0 Å². The van der Waals surface area contributed by atoms with E-state index in [2.05, 4.69) is 70.5 Å². The molecule has 1 N–H and O–H groups in total. The first-order valence-electron chi connectivity index (χ1n) is 6.98. The van der Waals surface area contributed by atoms with Crippen LogP contribution in [0.4, 0.5) is 0 Å². The molecule has 0 aliphatic heterocycles. The Morgan fingerprint density at radius 1 is 1.20 bits per heavy atom. The lowest BCUT2D eigenvalue weighted by atomic mass is 9.95. The highest BCUT2D eigenvalue weighted by atomic mass is 14.9. The monoisotopic (exact) mass is 267 g/mol.